The van der Waals surface area contributed by atoms with E-state index in [2.05, 4.69) is 10.0 Å². The number of sulfonamides is 1. The lowest BCUT2D eigenvalue weighted by Gasteiger charge is -2.12. The van der Waals surface area contributed by atoms with Crippen LogP contribution in [0.1, 0.15) is 37.5 Å². The Morgan fingerprint density at radius 2 is 1.71 bits per heavy atom. The van der Waals surface area contributed by atoms with Gasteiger partial charge in [-0.3, -0.25) is 19.3 Å². The summed E-state index contributed by atoms with van der Waals surface area (Å²) in [6.45, 7) is 0.717. The highest BCUT2D eigenvalue weighted by Crippen LogP contribution is 2.24. The molecule has 0 atom stereocenters. The van der Waals surface area contributed by atoms with E-state index < -0.39 is 27.7 Å². The molecule has 2 N–H and O–H groups in total. The number of imide groups is 1. The summed E-state index contributed by atoms with van der Waals surface area (Å²) in [5.41, 5.74) is 0.652. The zero-order chi connectivity index (χ0) is 22.4. The smallest absolute Gasteiger partial charge is 0.261 e. The number of benzene rings is 2. The van der Waals surface area contributed by atoms with Crippen molar-refractivity contribution in [1.82, 2.24) is 14.9 Å². The normalized spacial score (nSPS) is 13.4. The van der Waals surface area contributed by atoms with Crippen LogP contribution < -0.4 is 10.0 Å². The van der Waals surface area contributed by atoms with Gasteiger partial charge in [0.15, 0.2) is 0 Å². The Morgan fingerprint density at radius 1 is 1.00 bits per heavy atom. The van der Waals surface area contributed by atoms with Crippen LogP contribution >= 0.6 is 0 Å². The van der Waals surface area contributed by atoms with Gasteiger partial charge in [0.05, 0.1) is 16.0 Å². The van der Waals surface area contributed by atoms with Gasteiger partial charge >= 0.3 is 0 Å². The van der Waals surface area contributed by atoms with E-state index in [9.17, 15) is 22.8 Å². The number of carbonyl (C=O) groups is 3. The molecule has 0 saturated carbocycles. The summed E-state index contributed by atoms with van der Waals surface area (Å²) in [4.78, 5) is 38.6. The van der Waals surface area contributed by atoms with Crippen molar-refractivity contribution >= 4 is 27.7 Å². The lowest BCUT2D eigenvalue weighted by Crippen LogP contribution is -2.34. The molecule has 0 radical (unpaired) electrons. The van der Waals surface area contributed by atoms with Crippen LogP contribution in [0.3, 0.4) is 0 Å². The summed E-state index contributed by atoms with van der Waals surface area (Å²) in [5, 5.41) is 2.60. The number of carbonyl (C=O) groups excluding carboxylic acids is 3. The Bertz CT molecular complexity index is 1090. The van der Waals surface area contributed by atoms with Crippen molar-refractivity contribution in [2.45, 2.75) is 11.3 Å². The van der Waals surface area contributed by atoms with Gasteiger partial charge in [0.25, 0.3) is 17.7 Å². The number of hydrogen-bond donors (Lipinski definition) is 2. The van der Waals surface area contributed by atoms with Crippen molar-refractivity contribution in [3.8, 4) is 0 Å². The summed E-state index contributed by atoms with van der Waals surface area (Å²) in [7, 11) is -2.12. The van der Waals surface area contributed by atoms with Crippen LogP contribution in [-0.2, 0) is 14.8 Å². The monoisotopic (exact) mass is 445 g/mol. The van der Waals surface area contributed by atoms with E-state index >= 15 is 0 Å². The molecule has 0 aromatic heterocycles. The van der Waals surface area contributed by atoms with Crippen LogP contribution in [0.5, 0.6) is 0 Å². The predicted molar refractivity (Wildman–Crippen MR) is 112 cm³/mol. The minimum atomic E-state index is -3.66. The number of ether oxygens (including phenoxy) is 1. The molecule has 10 heteroatoms. The van der Waals surface area contributed by atoms with Gasteiger partial charge in [0.2, 0.25) is 10.0 Å². The minimum Gasteiger partial charge on any atom is -0.385 e. The molecule has 0 bridgehead atoms. The van der Waals surface area contributed by atoms with Crippen molar-refractivity contribution in [3.05, 3.63) is 65.2 Å². The lowest BCUT2D eigenvalue weighted by molar-refractivity contribution is 0.0638. The van der Waals surface area contributed by atoms with Crippen LogP contribution in [0.4, 0.5) is 0 Å². The zero-order valence-electron chi connectivity index (χ0n) is 17.0. The van der Waals surface area contributed by atoms with Crippen LogP contribution in [0, 0.1) is 0 Å². The van der Waals surface area contributed by atoms with E-state index in [1.165, 1.54) is 30.3 Å². The summed E-state index contributed by atoms with van der Waals surface area (Å²) in [6, 6.07) is 12.2. The van der Waals surface area contributed by atoms with E-state index in [1.54, 1.807) is 25.3 Å². The minimum absolute atomic E-state index is 0.00139. The van der Waals surface area contributed by atoms with Crippen molar-refractivity contribution in [2.24, 2.45) is 0 Å². The molecule has 0 spiro atoms. The molecule has 31 heavy (non-hydrogen) atoms. The topological polar surface area (TPSA) is 122 Å². The predicted octanol–water partition coefficient (Wildman–Crippen LogP) is 1.03. The Hall–Kier alpha value is -3.08. The highest BCUT2D eigenvalue weighted by Gasteiger charge is 2.35. The fourth-order valence-electron chi connectivity index (χ4n) is 3.15. The van der Waals surface area contributed by atoms with E-state index in [0.29, 0.717) is 13.0 Å². The summed E-state index contributed by atoms with van der Waals surface area (Å²) in [6.07, 6.45) is 0.522. The van der Waals surface area contributed by atoms with Gasteiger partial charge in [0, 0.05) is 38.9 Å². The third kappa shape index (κ3) is 5.16. The summed E-state index contributed by atoms with van der Waals surface area (Å²) in [5.74, 6) is -1.31. The molecule has 1 aliphatic rings. The summed E-state index contributed by atoms with van der Waals surface area (Å²) >= 11 is 0. The molecule has 1 heterocycles. The van der Waals surface area contributed by atoms with Gasteiger partial charge in [0.1, 0.15) is 0 Å². The first-order valence-electron chi connectivity index (χ1n) is 9.67. The van der Waals surface area contributed by atoms with Gasteiger partial charge in [-0.05, 0) is 36.8 Å². The molecule has 9 nitrogen and oxygen atoms in total. The largest absolute Gasteiger partial charge is 0.385 e. The Kier molecular flexibility index (Phi) is 7.16. The van der Waals surface area contributed by atoms with Crippen molar-refractivity contribution in [3.63, 3.8) is 0 Å². The SMILES string of the molecule is COCCCN1C(=O)c2ccc(C(=O)NCCNS(=O)(=O)c3ccccc3)cc2C1=O. The first kappa shape index (κ1) is 22.6. The molecule has 3 amide bonds. The van der Waals surface area contributed by atoms with E-state index in [-0.39, 0.29) is 41.2 Å². The number of hydrogen-bond acceptors (Lipinski definition) is 6. The maximum absolute atomic E-state index is 12.5. The lowest BCUT2D eigenvalue weighted by atomic mass is 10.1. The van der Waals surface area contributed by atoms with Gasteiger partial charge < -0.3 is 10.1 Å². The van der Waals surface area contributed by atoms with Gasteiger partial charge in [-0.15, -0.1) is 0 Å². The Morgan fingerprint density at radius 3 is 2.42 bits per heavy atom. The van der Waals surface area contributed by atoms with Crippen molar-refractivity contribution in [2.75, 3.05) is 33.4 Å². The molecule has 2 aromatic carbocycles. The Labute approximate surface area is 180 Å². The zero-order valence-corrected chi connectivity index (χ0v) is 17.8. The maximum atomic E-state index is 12.5. The average Bonchev–Trinajstić information content (AvgIpc) is 3.01. The molecule has 0 saturated heterocycles. The quantitative estimate of drug-likeness (QED) is 0.416. The molecule has 0 aliphatic carbocycles. The van der Waals surface area contributed by atoms with Crippen LogP contribution in [0.15, 0.2) is 53.4 Å². The number of nitrogens with zero attached hydrogens (tertiary/aromatic N) is 1. The molecular weight excluding hydrogens is 422 g/mol. The first-order chi connectivity index (χ1) is 14.8. The van der Waals surface area contributed by atoms with Crippen molar-refractivity contribution < 1.29 is 27.5 Å². The standard InChI is InChI=1S/C21H23N3O6S/c1-30-13-5-12-24-20(26)17-9-8-15(14-18(17)21(24)27)19(25)22-10-11-23-31(28,29)16-6-3-2-4-7-16/h2-4,6-9,14,23H,5,10-13H2,1H3,(H,22,25). The number of nitrogens with one attached hydrogen (secondary N) is 2. The van der Waals surface area contributed by atoms with E-state index in [1.807, 2.05) is 0 Å². The molecule has 0 fully saturated rings. The second-order valence-electron chi connectivity index (χ2n) is 6.84. The third-order valence-corrected chi connectivity index (χ3v) is 6.20. The molecule has 2 aromatic rings. The molecule has 3 rings (SSSR count). The van der Waals surface area contributed by atoms with Crippen molar-refractivity contribution in [1.29, 1.82) is 0 Å². The molecule has 164 valence electrons. The Balaban J connectivity index is 1.57. The fourth-order valence-corrected chi connectivity index (χ4v) is 4.20. The van der Waals surface area contributed by atoms with Gasteiger partial charge in [-0.2, -0.15) is 0 Å². The third-order valence-electron chi connectivity index (χ3n) is 4.72. The van der Waals surface area contributed by atoms with E-state index in [4.69, 9.17) is 4.74 Å². The number of fused-ring (bicyclic) bond motifs is 1. The molecule has 0 unspecified atom stereocenters. The highest BCUT2D eigenvalue weighted by molar-refractivity contribution is 7.89. The molecule has 1 aliphatic heterocycles. The second kappa shape index (κ2) is 9.82. The van der Waals surface area contributed by atoms with Crippen LogP contribution in [0.25, 0.3) is 0 Å². The average molecular weight is 445 g/mol. The maximum Gasteiger partial charge on any atom is 0.261 e. The fraction of sp³-hybridized carbons (Fsp3) is 0.286. The first-order valence-corrected chi connectivity index (χ1v) is 11.2. The van der Waals surface area contributed by atoms with Crippen LogP contribution in [0.2, 0.25) is 0 Å². The number of methoxy groups -OCH3 is 1. The highest BCUT2D eigenvalue weighted by atomic mass is 32.2. The van der Waals surface area contributed by atoms with Crippen LogP contribution in [-0.4, -0.2) is 64.4 Å². The van der Waals surface area contributed by atoms with Gasteiger partial charge in [-0.1, -0.05) is 18.2 Å². The summed E-state index contributed by atoms with van der Waals surface area (Å²) < 4.78 is 31.7. The van der Waals surface area contributed by atoms with E-state index in [0.717, 1.165) is 4.90 Å². The number of amides is 3. The molecular formula is C21H23N3O6S. The second-order valence-corrected chi connectivity index (χ2v) is 8.60. The van der Waals surface area contributed by atoms with Gasteiger partial charge in [-0.25, -0.2) is 13.1 Å². The number of rotatable bonds is 10.